The first-order chi connectivity index (χ1) is 13.3. The number of primary amides is 1. The van der Waals surface area contributed by atoms with Gasteiger partial charge in [-0.05, 0) is 54.3 Å². The average Bonchev–Trinajstić information content (AvgIpc) is 2.64. The summed E-state index contributed by atoms with van der Waals surface area (Å²) in [5, 5.41) is 0. The van der Waals surface area contributed by atoms with Crippen LogP contribution in [0.3, 0.4) is 0 Å². The number of hydrogen-bond acceptors (Lipinski definition) is 2. The van der Waals surface area contributed by atoms with Crippen LogP contribution in [-0.2, 0) is 4.79 Å². The minimum absolute atomic E-state index is 0.342. The first-order valence-corrected chi connectivity index (χ1v) is 9.22. The lowest BCUT2D eigenvalue weighted by Crippen LogP contribution is -2.24. The largest absolute Gasteiger partial charge is 0.377 e. The maximum atomic E-state index is 13.5. The summed E-state index contributed by atoms with van der Waals surface area (Å²) in [5.41, 5.74) is 12.5. The van der Waals surface area contributed by atoms with E-state index in [1.54, 1.807) is 12.1 Å². The highest BCUT2D eigenvalue weighted by Crippen LogP contribution is 2.40. The molecule has 0 radical (unpaired) electrons. The van der Waals surface area contributed by atoms with Crippen LogP contribution in [0.1, 0.15) is 28.2 Å². The molecule has 3 nitrogen and oxygen atoms in total. The van der Waals surface area contributed by atoms with E-state index in [9.17, 15) is 9.18 Å². The van der Waals surface area contributed by atoms with Crippen molar-refractivity contribution in [3.63, 3.8) is 0 Å². The number of hydrogen-bond donors (Lipinski definition) is 1. The SMILES string of the molecule is Cc1cc(C)c(C(C(N)=O)c2ccc(F)cc2)c(-c2ccccc2N(C)C)c1. The molecule has 1 atom stereocenters. The van der Waals surface area contributed by atoms with Gasteiger partial charge in [0.25, 0.3) is 0 Å². The highest BCUT2D eigenvalue weighted by Gasteiger charge is 2.26. The number of anilines is 1. The summed E-state index contributed by atoms with van der Waals surface area (Å²) in [7, 11) is 3.99. The lowest BCUT2D eigenvalue weighted by atomic mass is 9.81. The molecule has 144 valence electrons. The van der Waals surface area contributed by atoms with E-state index in [0.29, 0.717) is 5.56 Å². The summed E-state index contributed by atoms with van der Waals surface area (Å²) in [4.78, 5) is 14.6. The molecule has 0 aliphatic heterocycles. The average molecular weight is 376 g/mol. The molecule has 0 fully saturated rings. The third-order valence-corrected chi connectivity index (χ3v) is 4.98. The molecule has 0 aromatic heterocycles. The van der Waals surface area contributed by atoms with Gasteiger partial charge in [0, 0.05) is 25.3 Å². The molecule has 0 aliphatic rings. The molecule has 0 saturated carbocycles. The number of aryl methyl sites for hydroxylation is 2. The number of nitrogens with two attached hydrogens (primary N) is 1. The Balaban J connectivity index is 2.32. The molecule has 1 amide bonds. The van der Waals surface area contributed by atoms with Gasteiger partial charge in [-0.3, -0.25) is 4.79 Å². The Bertz CT molecular complexity index is 1010. The number of carbonyl (C=O) groups is 1. The van der Waals surface area contributed by atoms with Crippen molar-refractivity contribution in [1.29, 1.82) is 0 Å². The minimum Gasteiger partial charge on any atom is -0.377 e. The van der Waals surface area contributed by atoms with E-state index in [4.69, 9.17) is 5.73 Å². The second kappa shape index (κ2) is 7.85. The van der Waals surface area contributed by atoms with Gasteiger partial charge < -0.3 is 10.6 Å². The standard InChI is InChI=1S/C24H25FN2O/c1-15-13-16(2)22(23(24(26)28)17-9-11-18(25)12-10-17)20(14-15)19-7-5-6-8-21(19)27(3)4/h5-14,23H,1-4H3,(H2,26,28). The predicted octanol–water partition coefficient (Wildman–Crippen LogP) is 4.79. The zero-order valence-corrected chi connectivity index (χ0v) is 16.7. The van der Waals surface area contributed by atoms with E-state index < -0.39 is 11.8 Å². The van der Waals surface area contributed by atoms with E-state index in [1.807, 2.05) is 51.0 Å². The first-order valence-electron chi connectivity index (χ1n) is 9.22. The van der Waals surface area contributed by atoms with Crippen LogP contribution in [0, 0.1) is 19.7 Å². The lowest BCUT2D eigenvalue weighted by molar-refractivity contribution is -0.118. The van der Waals surface area contributed by atoms with Crippen molar-refractivity contribution in [2.75, 3.05) is 19.0 Å². The molecule has 28 heavy (non-hydrogen) atoms. The van der Waals surface area contributed by atoms with E-state index in [1.165, 1.54) is 12.1 Å². The summed E-state index contributed by atoms with van der Waals surface area (Å²) < 4.78 is 13.5. The smallest absolute Gasteiger partial charge is 0.229 e. The number of para-hydroxylation sites is 1. The van der Waals surface area contributed by atoms with Gasteiger partial charge in [0.15, 0.2) is 0 Å². The van der Waals surface area contributed by atoms with Gasteiger partial charge >= 0.3 is 0 Å². The van der Waals surface area contributed by atoms with Crippen molar-refractivity contribution in [3.05, 3.63) is 88.7 Å². The number of carbonyl (C=O) groups excluding carboxylic acids is 1. The second-order valence-corrected chi connectivity index (χ2v) is 7.34. The topological polar surface area (TPSA) is 46.3 Å². The van der Waals surface area contributed by atoms with Gasteiger partial charge in [-0.2, -0.15) is 0 Å². The van der Waals surface area contributed by atoms with Gasteiger partial charge in [0.05, 0.1) is 5.92 Å². The molecule has 3 aromatic carbocycles. The number of nitrogens with zero attached hydrogens (tertiary/aromatic N) is 1. The van der Waals surface area contributed by atoms with Crippen molar-refractivity contribution in [2.24, 2.45) is 5.73 Å². The highest BCUT2D eigenvalue weighted by molar-refractivity contribution is 5.91. The fourth-order valence-corrected chi connectivity index (χ4v) is 3.80. The molecule has 0 bridgehead atoms. The highest BCUT2D eigenvalue weighted by atomic mass is 19.1. The maximum absolute atomic E-state index is 13.5. The van der Waals surface area contributed by atoms with Gasteiger partial charge in [0.1, 0.15) is 5.82 Å². The third-order valence-electron chi connectivity index (χ3n) is 4.98. The second-order valence-electron chi connectivity index (χ2n) is 7.34. The molecule has 0 saturated heterocycles. The van der Waals surface area contributed by atoms with E-state index >= 15 is 0 Å². The lowest BCUT2D eigenvalue weighted by Gasteiger charge is -2.25. The van der Waals surface area contributed by atoms with Crippen LogP contribution >= 0.6 is 0 Å². The molecular weight excluding hydrogens is 351 g/mol. The molecule has 3 rings (SSSR count). The van der Waals surface area contributed by atoms with Crippen LogP contribution in [0.2, 0.25) is 0 Å². The predicted molar refractivity (Wildman–Crippen MR) is 113 cm³/mol. The van der Waals surface area contributed by atoms with Crippen molar-refractivity contribution in [2.45, 2.75) is 19.8 Å². The molecule has 1 unspecified atom stereocenters. The van der Waals surface area contributed by atoms with Crippen LogP contribution in [-0.4, -0.2) is 20.0 Å². The summed E-state index contributed by atoms with van der Waals surface area (Å²) in [6.07, 6.45) is 0. The first kappa shape index (κ1) is 19.6. The fraction of sp³-hybridized carbons (Fsp3) is 0.208. The number of amides is 1. The summed E-state index contributed by atoms with van der Waals surface area (Å²) in [5.74, 6) is -1.46. The maximum Gasteiger partial charge on any atom is 0.229 e. The van der Waals surface area contributed by atoms with Crippen molar-refractivity contribution in [3.8, 4) is 11.1 Å². The Labute approximate surface area is 165 Å². The van der Waals surface area contributed by atoms with Gasteiger partial charge in [0.2, 0.25) is 5.91 Å². The van der Waals surface area contributed by atoms with Crippen LogP contribution in [0.25, 0.3) is 11.1 Å². The van der Waals surface area contributed by atoms with Gasteiger partial charge in [-0.1, -0.05) is 48.0 Å². The van der Waals surface area contributed by atoms with Crippen LogP contribution in [0.5, 0.6) is 0 Å². The van der Waals surface area contributed by atoms with Crippen LogP contribution < -0.4 is 10.6 Å². The monoisotopic (exact) mass is 376 g/mol. The molecule has 0 aliphatic carbocycles. The van der Waals surface area contributed by atoms with E-state index in [2.05, 4.69) is 18.2 Å². The molecule has 0 spiro atoms. The van der Waals surface area contributed by atoms with E-state index in [-0.39, 0.29) is 5.82 Å². The Hall–Kier alpha value is -3.14. The Morgan fingerprint density at radius 3 is 2.21 bits per heavy atom. The van der Waals surface area contributed by atoms with Crippen molar-refractivity contribution >= 4 is 11.6 Å². The summed E-state index contributed by atoms with van der Waals surface area (Å²) in [6, 6.07) is 18.2. The Kier molecular flexibility index (Phi) is 5.50. The van der Waals surface area contributed by atoms with Gasteiger partial charge in [-0.25, -0.2) is 4.39 Å². The number of rotatable bonds is 5. The zero-order chi connectivity index (χ0) is 20.4. The van der Waals surface area contributed by atoms with Crippen LogP contribution in [0.15, 0.2) is 60.7 Å². The summed E-state index contributed by atoms with van der Waals surface area (Å²) >= 11 is 0. The number of benzene rings is 3. The van der Waals surface area contributed by atoms with Crippen molar-refractivity contribution in [1.82, 2.24) is 0 Å². The Morgan fingerprint density at radius 2 is 1.61 bits per heavy atom. The quantitative estimate of drug-likeness (QED) is 0.696. The van der Waals surface area contributed by atoms with E-state index in [0.717, 1.165) is 33.5 Å². The molecule has 3 aromatic rings. The fourth-order valence-electron chi connectivity index (χ4n) is 3.80. The zero-order valence-electron chi connectivity index (χ0n) is 16.7. The Morgan fingerprint density at radius 1 is 0.964 bits per heavy atom. The third kappa shape index (κ3) is 3.77. The van der Waals surface area contributed by atoms with Crippen molar-refractivity contribution < 1.29 is 9.18 Å². The molecule has 4 heteroatoms. The molecule has 2 N–H and O–H groups in total. The molecular formula is C24H25FN2O. The number of halogens is 1. The molecule has 0 heterocycles. The minimum atomic E-state index is -0.661. The summed E-state index contributed by atoms with van der Waals surface area (Å²) in [6.45, 7) is 4.03. The normalized spacial score (nSPS) is 11.9. The van der Waals surface area contributed by atoms with Crippen LogP contribution in [0.4, 0.5) is 10.1 Å². The van der Waals surface area contributed by atoms with Gasteiger partial charge in [-0.15, -0.1) is 0 Å².